The van der Waals surface area contributed by atoms with E-state index in [1.54, 1.807) is 0 Å². The predicted molar refractivity (Wildman–Crippen MR) is 77.0 cm³/mol. The van der Waals surface area contributed by atoms with E-state index in [0.717, 1.165) is 22.9 Å². The minimum atomic E-state index is 0.715. The molecule has 0 saturated heterocycles. The summed E-state index contributed by atoms with van der Waals surface area (Å²) < 4.78 is 3.66. The number of nitrogens with zero attached hydrogens (tertiary/aromatic N) is 4. The molecule has 0 aromatic carbocycles. The van der Waals surface area contributed by atoms with Crippen molar-refractivity contribution in [1.29, 1.82) is 0 Å². The molecular formula is C15H15N4V-. The van der Waals surface area contributed by atoms with E-state index in [9.17, 15) is 0 Å². The maximum absolute atomic E-state index is 5.35. The zero-order chi connectivity index (χ0) is 14.7. The molecule has 2 rings (SSSR count). The van der Waals surface area contributed by atoms with Crippen molar-refractivity contribution in [3.8, 4) is 5.82 Å². The Kier molecular flexibility index (Phi) is 4.47. The number of hydrogen-bond acceptors (Lipinski definition) is 3. The van der Waals surface area contributed by atoms with Gasteiger partial charge in [0.1, 0.15) is 0 Å². The first-order valence-corrected chi connectivity index (χ1v) is 6.98. The molecule has 0 aliphatic heterocycles. The van der Waals surface area contributed by atoms with Gasteiger partial charge in [-0.15, -0.1) is 0 Å². The number of aromatic nitrogens is 3. The molecule has 4 nitrogen and oxygen atoms in total. The van der Waals surface area contributed by atoms with Gasteiger partial charge in [0, 0.05) is 0 Å². The fourth-order valence-corrected chi connectivity index (χ4v) is 2.18. The van der Waals surface area contributed by atoms with Crippen LogP contribution in [0.2, 0.25) is 0 Å². The molecule has 0 amide bonds. The molecule has 20 heavy (non-hydrogen) atoms. The van der Waals surface area contributed by atoms with Crippen LogP contribution in [0.1, 0.15) is 22.6 Å². The molecule has 0 radical (unpaired) electrons. The number of pyridine rings is 1. The van der Waals surface area contributed by atoms with Crippen LogP contribution in [0.5, 0.6) is 0 Å². The van der Waals surface area contributed by atoms with Crippen LogP contribution >= 0.6 is 0 Å². The van der Waals surface area contributed by atoms with Gasteiger partial charge in [0.05, 0.1) is 0 Å². The van der Waals surface area contributed by atoms with Crippen molar-refractivity contribution >= 4 is 10.4 Å². The summed E-state index contributed by atoms with van der Waals surface area (Å²) in [5.74, 6) is 0.773. The molecule has 0 saturated carbocycles. The van der Waals surface area contributed by atoms with E-state index in [-0.39, 0.29) is 0 Å². The van der Waals surface area contributed by atoms with E-state index in [0.29, 0.717) is 5.71 Å². The molecule has 2 heterocycles. The van der Waals surface area contributed by atoms with Gasteiger partial charge < -0.3 is 0 Å². The van der Waals surface area contributed by atoms with Crippen molar-refractivity contribution in [2.45, 2.75) is 20.8 Å². The van der Waals surface area contributed by atoms with Crippen LogP contribution in [0.15, 0.2) is 29.4 Å². The second-order valence-corrected chi connectivity index (χ2v) is 4.78. The summed E-state index contributed by atoms with van der Waals surface area (Å²) in [4.78, 5) is 8.70. The average molecular weight is 302 g/mol. The fraction of sp³-hybridized carbons (Fsp3) is 0.200. The van der Waals surface area contributed by atoms with Gasteiger partial charge in [-0.25, -0.2) is 0 Å². The number of rotatable bonds is 4. The molecule has 0 unspecified atom stereocenters. The number of aliphatic imine (C=N–C) groups is 1. The van der Waals surface area contributed by atoms with E-state index < -0.39 is 0 Å². The summed E-state index contributed by atoms with van der Waals surface area (Å²) in [6.45, 7) is 11.4. The van der Waals surface area contributed by atoms with Crippen LogP contribution in [-0.2, 0) is 17.0 Å². The maximum atomic E-state index is 5.35. The Morgan fingerprint density at radius 1 is 1.35 bits per heavy atom. The normalized spacial score (nSPS) is 11.4. The summed E-state index contributed by atoms with van der Waals surface area (Å²) in [7, 11) is 0. The van der Waals surface area contributed by atoms with Gasteiger partial charge in [0.25, 0.3) is 0 Å². The zero-order valence-corrected chi connectivity index (χ0v) is 13.1. The van der Waals surface area contributed by atoms with E-state index >= 15 is 0 Å². The monoisotopic (exact) mass is 302 g/mol. The van der Waals surface area contributed by atoms with E-state index in [2.05, 4.69) is 39.0 Å². The Morgan fingerprint density at radius 3 is 2.65 bits per heavy atom. The summed E-state index contributed by atoms with van der Waals surface area (Å²) in [6, 6.07) is 5.76. The Labute approximate surface area is 127 Å². The standard InChI is InChI=1S/C15H15N4.V/c1-6-16-12(4)14-8-7-9-15(17-14)19-13(5)10(2)11(3)18-19;/h1,4,6-9H,2-3,5H3;/q-1;. The Hall–Kier alpha value is -1.78. The van der Waals surface area contributed by atoms with Crippen molar-refractivity contribution in [2.75, 3.05) is 0 Å². The number of hydrogen-bond donors (Lipinski definition) is 0. The third-order valence-corrected chi connectivity index (χ3v) is 3.58. The Balaban J connectivity index is 2.54. The van der Waals surface area contributed by atoms with Gasteiger partial charge in [-0.1, -0.05) is 0 Å². The first-order valence-electron chi connectivity index (χ1n) is 6.17. The molecule has 101 valence electrons. The molecule has 5 heteroatoms. The fourth-order valence-electron chi connectivity index (χ4n) is 1.87. The van der Waals surface area contributed by atoms with Crippen LogP contribution < -0.4 is 0 Å². The molecule has 2 aromatic heterocycles. The van der Waals surface area contributed by atoms with Gasteiger partial charge in [0.15, 0.2) is 0 Å². The van der Waals surface area contributed by atoms with E-state index in [4.69, 9.17) is 6.58 Å². The molecule has 0 fully saturated rings. The van der Waals surface area contributed by atoms with Gasteiger partial charge in [-0.2, -0.15) is 0 Å². The third kappa shape index (κ3) is 2.71. The van der Waals surface area contributed by atoms with Crippen LogP contribution in [0.3, 0.4) is 0 Å². The zero-order valence-electron chi connectivity index (χ0n) is 11.7. The van der Waals surface area contributed by atoms with Crippen molar-refractivity contribution in [2.24, 2.45) is 4.99 Å². The van der Waals surface area contributed by atoms with E-state index in [1.807, 2.05) is 41.5 Å². The molecule has 0 bridgehead atoms. The number of aryl methyl sites for hydroxylation is 1. The minimum absolute atomic E-state index is 0.715. The van der Waals surface area contributed by atoms with Crippen LogP contribution in [-0.4, -0.2) is 25.2 Å². The Morgan fingerprint density at radius 2 is 2.10 bits per heavy atom. The first-order chi connectivity index (χ1) is 9.58. The van der Waals surface area contributed by atoms with Gasteiger partial charge in [-0.3, -0.25) is 0 Å². The summed E-state index contributed by atoms with van der Waals surface area (Å²) in [5, 5.41) is 4.52. The van der Waals surface area contributed by atoms with Crippen LogP contribution in [0, 0.1) is 27.4 Å². The summed E-state index contributed by atoms with van der Waals surface area (Å²) in [5.41, 5.74) is 4.76. The molecule has 0 N–H and O–H groups in total. The van der Waals surface area contributed by atoms with Crippen LogP contribution in [0.25, 0.3) is 5.82 Å². The quantitative estimate of drug-likeness (QED) is 0.642. The average Bonchev–Trinajstić information content (AvgIpc) is 2.72. The van der Waals surface area contributed by atoms with Crippen molar-refractivity contribution < 1.29 is 17.0 Å². The van der Waals surface area contributed by atoms with E-state index in [1.165, 1.54) is 11.8 Å². The van der Waals surface area contributed by atoms with Gasteiger partial charge in [0.2, 0.25) is 0 Å². The Bertz CT molecular complexity index is 698. The first kappa shape index (κ1) is 14.6. The summed E-state index contributed by atoms with van der Waals surface area (Å²) in [6.07, 6.45) is 1.26. The van der Waals surface area contributed by atoms with Crippen molar-refractivity contribution in [3.05, 3.63) is 53.6 Å². The molecule has 0 atom stereocenters. The second-order valence-electron chi connectivity index (χ2n) is 4.38. The van der Waals surface area contributed by atoms with Gasteiger partial charge >= 0.3 is 127 Å². The SMILES string of the molecule is [CH-]=CN=C([CH]=[V])c1cccc(-n2nc(C)c(C)c2C)n1. The van der Waals surface area contributed by atoms with Gasteiger partial charge in [-0.05, 0) is 0 Å². The molecule has 2 aromatic rings. The molecule has 0 spiro atoms. The van der Waals surface area contributed by atoms with Crippen molar-refractivity contribution in [3.63, 3.8) is 0 Å². The molecular weight excluding hydrogens is 287 g/mol. The third-order valence-electron chi connectivity index (χ3n) is 3.20. The topological polar surface area (TPSA) is 43.1 Å². The molecule has 0 aliphatic carbocycles. The van der Waals surface area contributed by atoms with Crippen LogP contribution in [0.4, 0.5) is 0 Å². The second kappa shape index (κ2) is 6.12. The summed E-state index contributed by atoms with van der Waals surface area (Å²) >= 11 is 2.36. The molecule has 0 aliphatic rings. The predicted octanol–water partition coefficient (Wildman–Crippen LogP) is 2.28. The van der Waals surface area contributed by atoms with Crippen molar-refractivity contribution in [1.82, 2.24) is 14.8 Å².